The maximum absolute atomic E-state index is 11.3. The number of hydrogen-bond acceptors (Lipinski definition) is 2. The predicted octanol–water partition coefficient (Wildman–Crippen LogP) is 9.06. The van der Waals surface area contributed by atoms with Crippen LogP contribution in [0, 0.1) is 0 Å². The van der Waals surface area contributed by atoms with Crippen molar-refractivity contribution in [3.05, 3.63) is 150 Å². The molecule has 6 rings (SSSR count). The highest BCUT2D eigenvalue weighted by atomic mass is 16.3. The molecule has 0 saturated carbocycles. The second-order valence-corrected chi connectivity index (χ2v) is 8.74. The second kappa shape index (κ2) is 9.44. The Morgan fingerprint density at radius 1 is 0.611 bits per heavy atom. The highest BCUT2D eigenvalue weighted by molar-refractivity contribution is 6.05. The van der Waals surface area contributed by atoms with E-state index >= 15 is 0 Å². The molecule has 36 heavy (non-hydrogen) atoms. The van der Waals surface area contributed by atoms with Gasteiger partial charge in [0.2, 0.25) is 0 Å². The average molecular weight is 465 g/mol. The van der Waals surface area contributed by atoms with Crippen molar-refractivity contribution in [1.29, 1.82) is 0 Å². The van der Waals surface area contributed by atoms with Crippen molar-refractivity contribution in [3.8, 4) is 28.2 Å². The number of fused-ring (bicyclic) bond motifs is 1. The van der Waals surface area contributed by atoms with Crippen LogP contribution in [-0.4, -0.2) is 5.11 Å². The first-order valence-electron chi connectivity index (χ1n) is 12.0. The molecule has 1 heterocycles. The summed E-state index contributed by atoms with van der Waals surface area (Å²) in [7, 11) is 0. The highest BCUT2D eigenvalue weighted by Gasteiger charge is 2.21. The minimum atomic E-state index is 0.182. The smallest absolute Gasteiger partial charge is 0.143 e. The molecule has 0 atom stereocenters. The van der Waals surface area contributed by atoms with Crippen molar-refractivity contribution >= 4 is 22.6 Å². The van der Waals surface area contributed by atoms with Gasteiger partial charge in [0.1, 0.15) is 17.1 Å². The zero-order valence-electron chi connectivity index (χ0n) is 19.6. The monoisotopic (exact) mass is 464 g/mol. The Bertz CT molecular complexity index is 1650. The fourth-order valence-electron chi connectivity index (χ4n) is 4.68. The summed E-state index contributed by atoms with van der Waals surface area (Å²) in [5.74, 6) is 0.975. The van der Waals surface area contributed by atoms with E-state index in [-0.39, 0.29) is 5.75 Å². The first-order chi connectivity index (χ1) is 17.8. The molecule has 0 aliphatic heterocycles. The molecule has 0 unspecified atom stereocenters. The molecule has 5 aromatic carbocycles. The third kappa shape index (κ3) is 4.10. The van der Waals surface area contributed by atoms with E-state index in [2.05, 4.69) is 60.7 Å². The Kier molecular flexibility index (Phi) is 5.69. The van der Waals surface area contributed by atoms with Crippen LogP contribution in [0.2, 0.25) is 0 Å². The molecule has 0 saturated heterocycles. The summed E-state index contributed by atoms with van der Waals surface area (Å²) < 4.78 is 6.40. The van der Waals surface area contributed by atoms with Gasteiger partial charge in [-0.1, -0.05) is 121 Å². The number of rotatable bonds is 5. The van der Waals surface area contributed by atoms with Gasteiger partial charge in [0.05, 0.1) is 0 Å². The molecule has 1 N–H and O–H groups in total. The van der Waals surface area contributed by atoms with Gasteiger partial charge in [0, 0.05) is 28.1 Å². The summed E-state index contributed by atoms with van der Waals surface area (Å²) in [5.41, 5.74) is 7.54. The summed E-state index contributed by atoms with van der Waals surface area (Å²) >= 11 is 0. The Hall–Kier alpha value is -4.82. The predicted molar refractivity (Wildman–Crippen MR) is 149 cm³/mol. The van der Waals surface area contributed by atoms with Crippen LogP contribution in [0.15, 0.2) is 138 Å². The van der Waals surface area contributed by atoms with Gasteiger partial charge in [0.15, 0.2) is 0 Å². The van der Waals surface area contributed by atoms with E-state index < -0.39 is 0 Å². The lowest BCUT2D eigenvalue weighted by Gasteiger charge is -2.12. The standard InChI is InChI=1S/C34H24O2/c35-31-23-32-30(33(26-17-9-3-10-18-26)34(36-32)27-19-11-4-12-20-27)22-29(31)28(25-15-7-2-8-16-25)21-24-13-5-1-6-14-24/h1-23,35H/b28-21+. The first-order valence-corrected chi connectivity index (χ1v) is 12.0. The molecule has 0 amide bonds. The van der Waals surface area contributed by atoms with Gasteiger partial charge in [-0.15, -0.1) is 0 Å². The van der Waals surface area contributed by atoms with Crippen LogP contribution < -0.4 is 0 Å². The molecule has 0 radical (unpaired) electrons. The lowest BCUT2D eigenvalue weighted by Crippen LogP contribution is -1.90. The number of benzene rings is 5. The summed E-state index contributed by atoms with van der Waals surface area (Å²) in [6.07, 6.45) is 2.12. The van der Waals surface area contributed by atoms with E-state index in [0.29, 0.717) is 5.58 Å². The van der Waals surface area contributed by atoms with Gasteiger partial charge in [-0.2, -0.15) is 0 Å². The van der Waals surface area contributed by atoms with Gasteiger partial charge in [-0.25, -0.2) is 0 Å². The number of aromatic hydroxyl groups is 1. The van der Waals surface area contributed by atoms with Gasteiger partial charge in [0.25, 0.3) is 0 Å². The van der Waals surface area contributed by atoms with Crippen molar-refractivity contribution in [3.63, 3.8) is 0 Å². The summed E-state index contributed by atoms with van der Waals surface area (Å²) in [6.45, 7) is 0. The van der Waals surface area contributed by atoms with E-state index in [1.54, 1.807) is 6.07 Å². The summed E-state index contributed by atoms with van der Waals surface area (Å²) in [5, 5.41) is 12.2. The largest absolute Gasteiger partial charge is 0.507 e. The Balaban J connectivity index is 1.64. The van der Waals surface area contributed by atoms with Crippen molar-refractivity contribution < 1.29 is 9.52 Å². The van der Waals surface area contributed by atoms with Crippen LogP contribution in [0.3, 0.4) is 0 Å². The lowest BCUT2D eigenvalue weighted by atomic mass is 9.92. The average Bonchev–Trinajstić information content (AvgIpc) is 3.31. The maximum atomic E-state index is 11.3. The molecule has 6 aromatic rings. The quantitative estimate of drug-likeness (QED) is 0.258. The number of phenols is 1. The van der Waals surface area contributed by atoms with Gasteiger partial charge in [-0.05, 0) is 34.4 Å². The molecule has 0 bridgehead atoms. The number of phenolic OH excluding ortho intramolecular Hbond substituents is 1. The highest BCUT2D eigenvalue weighted by Crippen LogP contribution is 2.44. The second-order valence-electron chi connectivity index (χ2n) is 8.74. The number of furan rings is 1. The molecule has 0 aliphatic carbocycles. The van der Waals surface area contributed by atoms with E-state index in [1.165, 1.54) is 0 Å². The van der Waals surface area contributed by atoms with Gasteiger partial charge < -0.3 is 9.52 Å². The van der Waals surface area contributed by atoms with Crippen LogP contribution >= 0.6 is 0 Å². The van der Waals surface area contributed by atoms with Crippen molar-refractivity contribution in [2.45, 2.75) is 0 Å². The summed E-state index contributed by atoms with van der Waals surface area (Å²) in [4.78, 5) is 0. The normalized spacial score (nSPS) is 11.6. The SMILES string of the molecule is Oc1cc2oc(-c3ccccc3)c(-c3ccccc3)c2cc1/C(=C/c1ccccc1)c1ccccc1. The molecular formula is C34H24O2. The lowest BCUT2D eigenvalue weighted by molar-refractivity contribution is 0.473. The Labute approximate surface area is 210 Å². The fraction of sp³-hybridized carbons (Fsp3) is 0. The fourth-order valence-corrected chi connectivity index (χ4v) is 4.68. The van der Waals surface area contributed by atoms with E-state index in [4.69, 9.17) is 4.42 Å². The summed E-state index contributed by atoms with van der Waals surface area (Å²) in [6, 6.07) is 44.6. The Morgan fingerprint density at radius 2 is 1.17 bits per heavy atom. The maximum Gasteiger partial charge on any atom is 0.143 e. The topological polar surface area (TPSA) is 33.4 Å². The third-order valence-corrected chi connectivity index (χ3v) is 6.39. The van der Waals surface area contributed by atoms with E-state index in [1.807, 2.05) is 72.8 Å². The van der Waals surface area contributed by atoms with Crippen LogP contribution in [0.1, 0.15) is 16.7 Å². The molecular weight excluding hydrogens is 440 g/mol. The third-order valence-electron chi connectivity index (χ3n) is 6.39. The zero-order valence-corrected chi connectivity index (χ0v) is 19.6. The van der Waals surface area contributed by atoms with Gasteiger partial charge in [-0.3, -0.25) is 0 Å². The number of hydrogen-bond donors (Lipinski definition) is 1. The van der Waals surface area contributed by atoms with Crippen LogP contribution in [-0.2, 0) is 0 Å². The van der Waals surface area contributed by atoms with Crippen LogP contribution in [0.4, 0.5) is 0 Å². The molecule has 0 aliphatic rings. The molecule has 2 nitrogen and oxygen atoms in total. The molecule has 0 fully saturated rings. The van der Waals surface area contributed by atoms with E-state index in [0.717, 1.165) is 50.1 Å². The zero-order chi connectivity index (χ0) is 24.3. The molecule has 2 heteroatoms. The van der Waals surface area contributed by atoms with Crippen molar-refractivity contribution in [2.75, 3.05) is 0 Å². The van der Waals surface area contributed by atoms with Crippen LogP contribution in [0.25, 0.3) is 45.1 Å². The minimum absolute atomic E-state index is 0.182. The van der Waals surface area contributed by atoms with Crippen molar-refractivity contribution in [1.82, 2.24) is 0 Å². The van der Waals surface area contributed by atoms with E-state index in [9.17, 15) is 5.11 Å². The Morgan fingerprint density at radius 3 is 1.81 bits per heavy atom. The van der Waals surface area contributed by atoms with Crippen LogP contribution in [0.5, 0.6) is 5.75 Å². The molecule has 1 aromatic heterocycles. The van der Waals surface area contributed by atoms with Gasteiger partial charge >= 0.3 is 0 Å². The molecule has 172 valence electrons. The minimum Gasteiger partial charge on any atom is -0.507 e. The van der Waals surface area contributed by atoms with Crippen molar-refractivity contribution in [2.24, 2.45) is 0 Å². The molecule has 0 spiro atoms. The first kappa shape index (κ1) is 21.7.